The van der Waals surface area contributed by atoms with Gasteiger partial charge in [-0.3, -0.25) is 4.79 Å². The van der Waals surface area contributed by atoms with E-state index in [4.69, 9.17) is 10.9 Å². The smallest absolute Gasteiger partial charge is 0.240 e. The summed E-state index contributed by atoms with van der Waals surface area (Å²) in [6.45, 7) is 0. The minimum atomic E-state index is -3.84. The summed E-state index contributed by atoms with van der Waals surface area (Å²) < 4.78 is 22.5. The summed E-state index contributed by atoms with van der Waals surface area (Å²) in [5.41, 5.74) is 5.81. The lowest BCUT2D eigenvalue weighted by Crippen LogP contribution is -2.23. The zero-order valence-corrected chi connectivity index (χ0v) is 11.7. The van der Waals surface area contributed by atoms with Crippen molar-refractivity contribution < 1.29 is 13.2 Å². The standard InChI is InChI=1S/C10H15N3O3S2/c1-13(2)9(14)6-17-7-4-3-5-8(10(7)11)18(12,15)16/h3-5H,6,11H2,1-2H3,(H2,12,15,16). The Bertz CT molecular complexity index is 555. The lowest BCUT2D eigenvalue weighted by atomic mass is 10.3. The fraction of sp³-hybridized carbons (Fsp3) is 0.300. The Morgan fingerprint density at radius 1 is 1.39 bits per heavy atom. The Hall–Kier alpha value is -1.25. The highest BCUT2D eigenvalue weighted by Gasteiger charge is 2.15. The minimum Gasteiger partial charge on any atom is -0.397 e. The maximum Gasteiger partial charge on any atom is 0.240 e. The second kappa shape index (κ2) is 5.59. The zero-order chi connectivity index (χ0) is 13.9. The van der Waals surface area contributed by atoms with E-state index in [1.54, 1.807) is 26.2 Å². The molecule has 8 heteroatoms. The third kappa shape index (κ3) is 3.62. The summed E-state index contributed by atoms with van der Waals surface area (Å²) in [5.74, 6) is 0.103. The van der Waals surface area contributed by atoms with E-state index in [-0.39, 0.29) is 22.2 Å². The van der Waals surface area contributed by atoms with Crippen LogP contribution in [0.5, 0.6) is 0 Å². The van der Waals surface area contributed by atoms with E-state index in [1.807, 2.05) is 0 Å². The normalized spacial score (nSPS) is 11.3. The van der Waals surface area contributed by atoms with Crippen LogP contribution >= 0.6 is 11.8 Å². The van der Waals surface area contributed by atoms with Gasteiger partial charge < -0.3 is 10.6 Å². The van der Waals surface area contributed by atoms with Crippen LogP contribution in [0.25, 0.3) is 0 Å². The first kappa shape index (κ1) is 14.8. The third-order valence-corrected chi connectivity index (χ3v) is 4.21. The number of hydrogen-bond acceptors (Lipinski definition) is 5. The average molecular weight is 289 g/mol. The number of amides is 1. The van der Waals surface area contributed by atoms with Crippen LogP contribution in [0.2, 0.25) is 0 Å². The number of benzene rings is 1. The molecular formula is C10H15N3O3S2. The van der Waals surface area contributed by atoms with Crippen molar-refractivity contribution in [3.8, 4) is 0 Å². The number of anilines is 1. The number of thioether (sulfide) groups is 1. The molecule has 0 radical (unpaired) electrons. The fourth-order valence-electron chi connectivity index (χ4n) is 1.17. The number of rotatable bonds is 4. The van der Waals surface area contributed by atoms with Gasteiger partial charge in [-0.05, 0) is 12.1 Å². The number of carbonyl (C=O) groups is 1. The maximum atomic E-state index is 11.4. The molecule has 0 aliphatic rings. The lowest BCUT2D eigenvalue weighted by Gasteiger charge is -2.11. The molecule has 0 bridgehead atoms. The highest BCUT2D eigenvalue weighted by atomic mass is 32.2. The van der Waals surface area contributed by atoms with Crippen LogP contribution < -0.4 is 10.9 Å². The third-order valence-electron chi connectivity index (χ3n) is 2.18. The van der Waals surface area contributed by atoms with Gasteiger partial charge >= 0.3 is 0 Å². The number of primary sulfonamides is 1. The molecule has 1 aromatic rings. The van der Waals surface area contributed by atoms with Crippen molar-refractivity contribution in [2.45, 2.75) is 9.79 Å². The molecule has 0 aliphatic heterocycles. The molecule has 0 aromatic heterocycles. The van der Waals surface area contributed by atoms with Crippen LogP contribution in [0.15, 0.2) is 28.0 Å². The molecule has 0 atom stereocenters. The second-order valence-corrected chi connectivity index (χ2v) is 6.34. The molecule has 1 aromatic carbocycles. The SMILES string of the molecule is CN(C)C(=O)CSc1cccc(S(N)(=O)=O)c1N. The summed E-state index contributed by atoms with van der Waals surface area (Å²) in [7, 11) is -0.553. The summed E-state index contributed by atoms with van der Waals surface area (Å²) in [6, 6.07) is 4.53. The number of nitrogens with two attached hydrogens (primary N) is 2. The van der Waals surface area contributed by atoms with Crippen LogP contribution in [0.1, 0.15) is 0 Å². The molecule has 0 fully saturated rings. The average Bonchev–Trinajstić information content (AvgIpc) is 2.25. The predicted octanol–water partition coefficient (Wildman–Crippen LogP) is 0.0965. The molecule has 0 saturated heterocycles. The number of nitrogens with zero attached hydrogens (tertiary/aromatic N) is 1. The van der Waals surface area contributed by atoms with Crippen molar-refractivity contribution in [2.24, 2.45) is 5.14 Å². The highest BCUT2D eigenvalue weighted by molar-refractivity contribution is 8.00. The molecule has 0 unspecified atom stereocenters. The monoisotopic (exact) mass is 289 g/mol. The van der Waals surface area contributed by atoms with Gasteiger partial charge in [0.1, 0.15) is 4.90 Å². The first-order valence-electron chi connectivity index (χ1n) is 4.97. The van der Waals surface area contributed by atoms with E-state index in [2.05, 4.69) is 0 Å². The number of hydrogen-bond donors (Lipinski definition) is 2. The number of carbonyl (C=O) groups excluding carboxylic acids is 1. The summed E-state index contributed by atoms with van der Waals surface area (Å²) in [6.07, 6.45) is 0. The van der Waals surface area contributed by atoms with E-state index < -0.39 is 10.0 Å². The Morgan fingerprint density at radius 3 is 2.50 bits per heavy atom. The topological polar surface area (TPSA) is 106 Å². The molecule has 6 nitrogen and oxygen atoms in total. The van der Waals surface area contributed by atoms with Crippen molar-refractivity contribution in [3.05, 3.63) is 18.2 Å². The first-order chi connectivity index (χ1) is 8.23. The van der Waals surface area contributed by atoms with Crippen molar-refractivity contribution in [1.82, 2.24) is 4.90 Å². The summed E-state index contributed by atoms with van der Waals surface area (Å²) >= 11 is 1.18. The summed E-state index contributed by atoms with van der Waals surface area (Å²) in [5, 5.41) is 5.04. The Morgan fingerprint density at radius 2 is 2.00 bits per heavy atom. The predicted molar refractivity (Wildman–Crippen MR) is 71.6 cm³/mol. The molecule has 100 valence electrons. The van der Waals surface area contributed by atoms with Gasteiger partial charge in [0.25, 0.3) is 0 Å². The van der Waals surface area contributed by atoms with E-state index in [0.29, 0.717) is 4.90 Å². The molecule has 4 N–H and O–H groups in total. The van der Waals surface area contributed by atoms with E-state index in [1.165, 1.54) is 22.7 Å². The van der Waals surface area contributed by atoms with Gasteiger partial charge in [-0.25, -0.2) is 13.6 Å². The van der Waals surface area contributed by atoms with Gasteiger partial charge in [0.2, 0.25) is 15.9 Å². The highest BCUT2D eigenvalue weighted by Crippen LogP contribution is 2.29. The molecule has 18 heavy (non-hydrogen) atoms. The maximum absolute atomic E-state index is 11.4. The quantitative estimate of drug-likeness (QED) is 0.604. The molecule has 0 aliphatic carbocycles. The van der Waals surface area contributed by atoms with Crippen molar-refractivity contribution in [2.75, 3.05) is 25.6 Å². The Balaban J connectivity index is 2.96. The van der Waals surface area contributed by atoms with Gasteiger partial charge in [0, 0.05) is 19.0 Å². The van der Waals surface area contributed by atoms with Crippen LogP contribution in [-0.2, 0) is 14.8 Å². The first-order valence-corrected chi connectivity index (χ1v) is 7.51. The largest absolute Gasteiger partial charge is 0.397 e. The molecular weight excluding hydrogens is 274 g/mol. The van der Waals surface area contributed by atoms with E-state index in [9.17, 15) is 13.2 Å². The van der Waals surface area contributed by atoms with Crippen LogP contribution in [-0.4, -0.2) is 39.1 Å². The number of nitrogen functional groups attached to an aromatic ring is 1. The second-order valence-electron chi connectivity index (χ2n) is 3.79. The lowest BCUT2D eigenvalue weighted by molar-refractivity contribution is -0.125. The molecule has 0 spiro atoms. The molecule has 0 saturated carbocycles. The van der Waals surface area contributed by atoms with Gasteiger partial charge in [-0.1, -0.05) is 6.07 Å². The van der Waals surface area contributed by atoms with Gasteiger partial charge in [0.05, 0.1) is 11.4 Å². The fourth-order valence-corrected chi connectivity index (χ4v) is 2.89. The van der Waals surface area contributed by atoms with Crippen molar-refractivity contribution >= 4 is 33.4 Å². The molecule has 0 heterocycles. The van der Waals surface area contributed by atoms with Gasteiger partial charge in [0.15, 0.2) is 0 Å². The number of sulfonamides is 1. The Labute approximate surface area is 110 Å². The van der Waals surface area contributed by atoms with Crippen LogP contribution in [0.3, 0.4) is 0 Å². The van der Waals surface area contributed by atoms with Crippen molar-refractivity contribution in [1.29, 1.82) is 0 Å². The minimum absolute atomic E-state index is 0.0801. The van der Waals surface area contributed by atoms with Crippen LogP contribution in [0, 0.1) is 0 Å². The molecule has 1 amide bonds. The van der Waals surface area contributed by atoms with Gasteiger partial charge in [-0.15, -0.1) is 11.8 Å². The van der Waals surface area contributed by atoms with E-state index >= 15 is 0 Å². The summed E-state index contributed by atoms with van der Waals surface area (Å²) in [4.78, 5) is 13.3. The van der Waals surface area contributed by atoms with Crippen LogP contribution in [0.4, 0.5) is 5.69 Å². The zero-order valence-electron chi connectivity index (χ0n) is 10.1. The Kier molecular flexibility index (Phi) is 4.60. The van der Waals surface area contributed by atoms with Gasteiger partial charge in [-0.2, -0.15) is 0 Å². The molecule has 1 rings (SSSR count). The van der Waals surface area contributed by atoms with Crippen molar-refractivity contribution in [3.63, 3.8) is 0 Å². The number of para-hydroxylation sites is 1. The van der Waals surface area contributed by atoms with E-state index in [0.717, 1.165) is 0 Å².